The zero-order valence-corrected chi connectivity index (χ0v) is 14.1. The van der Waals surface area contributed by atoms with Gasteiger partial charge >= 0.3 is 0 Å². The molecular weight excluding hydrogens is 367 g/mol. The summed E-state index contributed by atoms with van der Waals surface area (Å²) in [7, 11) is 0. The van der Waals surface area contributed by atoms with E-state index < -0.39 is 0 Å². The SMILES string of the molecule is CCCNC1COCC1C(=O)Nc1ccc(I)cc1C. The second kappa shape index (κ2) is 7.38. The molecule has 1 aromatic carbocycles. The van der Waals surface area contributed by atoms with E-state index in [0.29, 0.717) is 13.2 Å². The lowest BCUT2D eigenvalue weighted by molar-refractivity contribution is -0.120. The Balaban J connectivity index is 2.00. The highest BCUT2D eigenvalue weighted by Crippen LogP contribution is 2.21. The lowest BCUT2D eigenvalue weighted by Crippen LogP contribution is -2.41. The summed E-state index contributed by atoms with van der Waals surface area (Å²) in [5.41, 5.74) is 1.97. The van der Waals surface area contributed by atoms with Crippen LogP contribution in [0, 0.1) is 16.4 Å². The van der Waals surface area contributed by atoms with E-state index in [-0.39, 0.29) is 17.9 Å². The number of carbonyl (C=O) groups excluding carboxylic acids is 1. The van der Waals surface area contributed by atoms with Crippen LogP contribution < -0.4 is 10.6 Å². The van der Waals surface area contributed by atoms with Gasteiger partial charge in [0.2, 0.25) is 5.91 Å². The molecule has 2 atom stereocenters. The fraction of sp³-hybridized carbons (Fsp3) is 0.533. The fourth-order valence-electron chi connectivity index (χ4n) is 2.34. The molecule has 0 spiro atoms. The number of anilines is 1. The molecule has 2 rings (SSSR count). The van der Waals surface area contributed by atoms with Gasteiger partial charge < -0.3 is 15.4 Å². The molecule has 110 valence electrons. The maximum absolute atomic E-state index is 12.4. The van der Waals surface area contributed by atoms with Crippen LogP contribution in [-0.4, -0.2) is 31.7 Å². The van der Waals surface area contributed by atoms with E-state index in [1.54, 1.807) is 0 Å². The van der Waals surface area contributed by atoms with Gasteiger partial charge in [0, 0.05) is 15.3 Å². The minimum atomic E-state index is -0.111. The number of carbonyl (C=O) groups is 1. The molecule has 2 N–H and O–H groups in total. The Bertz CT molecular complexity index is 479. The summed E-state index contributed by atoms with van der Waals surface area (Å²) in [4.78, 5) is 12.4. The first kappa shape index (κ1) is 15.7. The van der Waals surface area contributed by atoms with Crippen molar-refractivity contribution in [2.75, 3.05) is 25.1 Å². The Hall–Kier alpha value is -0.660. The highest BCUT2D eigenvalue weighted by Gasteiger charge is 2.33. The van der Waals surface area contributed by atoms with Crippen LogP contribution in [0.25, 0.3) is 0 Å². The number of amides is 1. The number of hydrogen-bond donors (Lipinski definition) is 2. The molecule has 0 aromatic heterocycles. The third kappa shape index (κ3) is 3.93. The van der Waals surface area contributed by atoms with Crippen molar-refractivity contribution >= 4 is 34.2 Å². The molecule has 0 saturated carbocycles. The number of hydrogen-bond acceptors (Lipinski definition) is 3. The van der Waals surface area contributed by atoms with Gasteiger partial charge in [0.1, 0.15) is 0 Å². The minimum Gasteiger partial charge on any atom is -0.379 e. The first-order valence-electron chi connectivity index (χ1n) is 7.00. The van der Waals surface area contributed by atoms with Crippen molar-refractivity contribution in [1.29, 1.82) is 0 Å². The highest BCUT2D eigenvalue weighted by molar-refractivity contribution is 14.1. The van der Waals surface area contributed by atoms with Gasteiger partial charge in [0.15, 0.2) is 0 Å². The fourth-order valence-corrected chi connectivity index (χ4v) is 2.98. The van der Waals surface area contributed by atoms with Crippen LogP contribution >= 0.6 is 22.6 Å². The molecule has 1 saturated heterocycles. The van der Waals surface area contributed by atoms with Crippen LogP contribution in [0.3, 0.4) is 0 Å². The van der Waals surface area contributed by atoms with Gasteiger partial charge in [-0.05, 0) is 66.2 Å². The highest BCUT2D eigenvalue weighted by atomic mass is 127. The van der Waals surface area contributed by atoms with Gasteiger partial charge in [0.05, 0.1) is 19.1 Å². The Morgan fingerprint density at radius 3 is 2.95 bits per heavy atom. The third-order valence-electron chi connectivity index (χ3n) is 3.52. The summed E-state index contributed by atoms with van der Waals surface area (Å²) in [6, 6.07) is 6.15. The van der Waals surface area contributed by atoms with Crippen molar-refractivity contribution in [2.24, 2.45) is 5.92 Å². The molecule has 5 heteroatoms. The van der Waals surface area contributed by atoms with Crippen LogP contribution in [0.1, 0.15) is 18.9 Å². The van der Waals surface area contributed by atoms with Crippen LogP contribution in [0.4, 0.5) is 5.69 Å². The van der Waals surface area contributed by atoms with E-state index in [1.165, 1.54) is 3.57 Å². The number of aryl methyl sites for hydroxylation is 1. The lowest BCUT2D eigenvalue weighted by atomic mass is 10.0. The van der Waals surface area contributed by atoms with Crippen molar-refractivity contribution in [1.82, 2.24) is 5.32 Å². The maximum Gasteiger partial charge on any atom is 0.231 e. The number of nitrogens with one attached hydrogen (secondary N) is 2. The molecule has 1 heterocycles. The number of ether oxygens (including phenoxy) is 1. The summed E-state index contributed by atoms with van der Waals surface area (Å²) in [6.07, 6.45) is 1.06. The summed E-state index contributed by atoms with van der Waals surface area (Å²) in [5, 5.41) is 6.41. The summed E-state index contributed by atoms with van der Waals surface area (Å²) in [5.74, 6) is -0.0689. The Kier molecular flexibility index (Phi) is 5.80. The number of benzene rings is 1. The average Bonchev–Trinajstić information content (AvgIpc) is 2.88. The zero-order chi connectivity index (χ0) is 14.5. The first-order chi connectivity index (χ1) is 9.61. The van der Waals surface area contributed by atoms with Crippen molar-refractivity contribution in [3.05, 3.63) is 27.3 Å². The van der Waals surface area contributed by atoms with Crippen molar-refractivity contribution in [3.8, 4) is 0 Å². The van der Waals surface area contributed by atoms with Gasteiger partial charge in [0.25, 0.3) is 0 Å². The molecule has 1 amide bonds. The molecule has 0 aliphatic carbocycles. The van der Waals surface area contributed by atoms with Gasteiger partial charge in [-0.2, -0.15) is 0 Å². The molecule has 1 fully saturated rings. The van der Waals surface area contributed by atoms with Gasteiger partial charge in [-0.25, -0.2) is 0 Å². The summed E-state index contributed by atoms with van der Waals surface area (Å²) < 4.78 is 6.62. The van der Waals surface area contributed by atoms with Crippen molar-refractivity contribution in [3.63, 3.8) is 0 Å². The third-order valence-corrected chi connectivity index (χ3v) is 4.19. The smallest absolute Gasteiger partial charge is 0.231 e. The molecule has 20 heavy (non-hydrogen) atoms. The maximum atomic E-state index is 12.4. The molecular formula is C15H21IN2O2. The van der Waals surface area contributed by atoms with Crippen LogP contribution in [0.2, 0.25) is 0 Å². The molecule has 4 nitrogen and oxygen atoms in total. The normalized spacial score (nSPS) is 21.9. The van der Waals surface area contributed by atoms with Crippen LogP contribution in [-0.2, 0) is 9.53 Å². The summed E-state index contributed by atoms with van der Waals surface area (Å²) >= 11 is 2.27. The first-order valence-corrected chi connectivity index (χ1v) is 8.08. The second-order valence-electron chi connectivity index (χ2n) is 5.15. The Labute approximate surface area is 133 Å². The van der Waals surface area contributed by atoms with E-state index >= 15 is 0 Å². The minimum absolute atomic E-state index is 0.0420. The molecule has 2 unspecified atom stereocenters. The van der Waals surface area contributed by atoms with E-state index in [9.17, 15) is 4.79 Å². The predicted molar refractivity (Wildman–Crippen MR) is 88.9 cm³/mol. The second-order valence-corrected chi connectivity index (χ2v) is 6.40. The Morgan fingerprint density at radius 1 is 1.45 bits per heavy atom. The van der Waals surface area contributed by atoms with E-state index in [4.69, 9.17) is 4.74 Å². The monoisotopic (exact) mass is 388 g/mol. The summed E-state index contributed by atoms with van der Waals surface area (Å²) in [6.45, 7) is 6.16. The van der Waals surface area contributed by atoms with Crippen LogP contribution in [0.5, 0.6) is 0 Å². The molecule has 1 aliphatic rings. The van der Waals surface area contributed by atoms with E-state index in [2.05, 4.69) is 46.2 Å². The largest absolute Gasteiger partial charge is 0.379 e. The van der Waals surface area contributed by atoms with Crippen molar-refractivity contribution < 1.29 is 9.53 Å². The van der Waals surface area contributed by atoms with Crippen molar-refractivity contribution in [2.45, 2.75) is 26.3 Å². The molecule has 1 aromatic rings. The van der Waals surface area contributed by atoms with Gasteiger partial charge in [-0.3, -0.25) is 4.79 Å². The number of halogens is 1. The predicted octanol–water partition coefficient (Wildman–Crippen LogP) is 2.55. The molecule has 0 bridgehead atoms. The zero-order valence-electron chi connectivity index (χ0n) is 11.9. The van der Waals surface area contributed by atoms with Gasteiger partial charge in [-0.1, -0.05) is 6.92 Å². The number of rotatable bonds is 5. The molecule has 0 radical (unpaired) electrons. The van der Waals surface area contributed by atoms with Crippen LogP contribution in [0.15, 0.2) is 18.2 Å². The quantitative estimate of drug-likeness (QED) is 0.763. The average molecular weight is 388 g/mol. The Morgan fingerprint density at radius 2 is 2.25 bits per heavy atom. The van der Waals surface area contributed by atoms with E-state index in [0.717, 1.165) is 24.2 Å². The lowest BCUT2D eigenvalue weighted by Gasteiger charge is -2.19. The molecule has 1 aliphatic heterocycles. The standard InChI is InChI=1S/C15H21IN2O2/c1-3-6-17-14-9-20-8-12(14)15(19)18-13-5-4-11(16)7-10(13)2/h4-5,7,12,14,17H,3,6,8-9H2,1-2H3,(H,18,19). The van der Waals surface area contributed by atoms with Gasteiger partial charge in [-0.15, -0.1) is 0 Å². The van der Waals surface area contributed by atoms with E-state index in [1.807, 2.05) is 19.1 Å². The topological polar surface area (TPSA) is 50.4 Å².